The number of aromatic nitrogens is 6. The summed E-state index contributed by atoms with van der Waals surface area (Å²) in [6.07, 6.45) is 3.47. The number of nitrogen functional groups attached to an aromatic ring is 1. The molecule has 0 fully saturated rings. The second kappa shape index (κ2) is 6.72. The molecule has 0 spiro atoms. The predicted octanol–water partition coefficient (Wildman–Crippen LogP) is 2.40. The summed E-state index contributed by atoms with van der Waals surface area (Å²) in [5, 5.41) is 15.7. The van der Waals surface area contributed by atoms with E-state index in [2.05, 4.69) is 15.1 Å². The van der Waals surface area contributed by atoms with Crippen molar-refractivity contribution in [1.82, 2.24) is 29.1 Å². The molecule has 11 heteroatoms. The highest BCUT2D eigenvalue weighted by Crippen LogP contribution is 2.36. The molecule has 5 heterocycles. The fourth-order valence-electron chi connectivity index (χ4n) is 4.16. The molecular formula is C21H17ClN8O2. The van der Waals surface area contributed by atoms with Crippen molar-refractivity contribution in [3.8, 4) is 17.0 Å². The maximum absolute atomic E-state index is 11.9. The lowest BCUT2D eigenvalue weighted by atomic mass is 10.1. The minimum Gasteiger partial charge on any atom is -0.493 e. The lowest BCUT2D eigenvalue weighted by Gasteiger charge is -2.29. The molecule has 32 heavy (non-hydrogen) atoms. The molecule has 0 radical (unpaired) electrons. The van der Waals surface area contributed by atoms with Crippen LogP contribution in [0.15, 0.2) is 47.5 Å². The van der Waals surface area contributed by atoms with Crippen LogP contribution in [0, 0.1) is 0 Å². The van der Waals surface area contributed by atoms with Crippen molar-refractivity contribution >= 4 is 39.8 Å². The van der Waals surface area contributed by atoms with E-state index >= 15 is 0 Å². The van der Waals surface area contributed by atoms with E-state index < -0.39 is 0 Å². The van der Waals surface area contributed by atoms with Crippen LogP contribution in [-0.2, 0) is 13.1 Å². The molecule has 0 bridgehead atoms. The van der Waals surface area contributed by atoms with E-state index in [0.717, 1.165) is 22.0 Å². The number of aromatic hydroxyl groups is 1. The summed E-state index contributed by atoms with van der Waals surface area (Å²) in [5.41, 5.74) is 9.51. The highest BCUT2D eigenvalue weighted by molar-refractivity contribution is 6.35. The Morgan fingerprint density at radius 1 is 1.19 bits per heavy atom. The number of pyridine rings is 1. The number of hydrogen-bond donors (Lipinski definition) is 3. The Kier molecular flexibility index (Phi) is 3.93. The molecule has 10 nitrogen and oxygen atoms in total. The molecule has 0 saturated heterocycles. The van der Waals surface area contributed by atoms with E-state index in [1.165, 1.54) is 9.08 Å². The average molecular weight is 449 g/mol. The van der Waals surface area contributed by atoms with Crippen LogP contribution in [0.1, 0.15) is 5.69 Å². The minimum absolute atomic E-state index is 0.155. The number of imidazole rings is 1. The van der Waals surface area contributed by atoms with Gasteiger partial charge in [0.25, 0.3) is 0 Å². The first-order valence-electron chi connectivity index (χ1n) is 9.94. The van der Waals surface area contributed by atoms with Crippen LogP contribution in [0.3, 0.4) is 0 Å². The monoisotopic (exact) mass is 448 g/mol. The Hall–Kier alpha value is -4.05. The molecule has 1 aromatic carbocycles. The molecule has 1 aliphatic rings. The van der Waals surface area contributed by atoms with Crippen LogP contribution in [-0.4, -0.2) is 40.8 Å². The summed E-state index contributed by atoms with van der Waals surface area (Å²) in [4.78, 5) is 25.6. The second-order valence-electron chi connectivity index (χ2n) is 7.64. The summed E-state index contributed by atoms with van der Waals surface area (Å²) in [6, 6.07) is 9.89. The largest absolute Gasteiger partial charge is 0.493 e. The topological polar surface area (TPSA) is 130 Å². The Bertz CT molecular complexity index is 1580. The van der Waals surface area contributed by atoms with Crippen molar-refractivity contribution in [3.63, 3.8) is 0 Å². The van der Waals surface area contributed by atoms with Gasteiger partial charge in [-0.1, -0.05) is 29.8 Å². The first-order valence-corrected chi connectivity index (χ1v) is 10.3. The molecule has 0 atom stereocenters. The predicted molar refractivity (Wildman–Crippen MR) is 121 cm³/mol. The standard InChI is InChI=1S/C21H17ClN8O2/c22-16-17(23)30-18(13(9-25-30)12-7-11-3-1-2-4-14(11)24-8-12)26-19(16)28-5-6-29-15(10-28)20(31)27-21(29)32/h1-4,7-9,31H,5-6,10,23H2,(H,27,32). The van der Waals surface area contributed by atoms with E-state index in [9.17, 15) is 9.90 Å². The Labute approximate surface area is 185 Å². The van der Waals surface area contributed by atoms with E-state index in [1.54, 1.807) is 12.4 Å². The molecule has 160 valence electrons. The number of para-hydroxylation sites is 1. The van der Waals surface area contributed by atoms with Gasteiger partial charge in [-0.25, -0.2) is 9.78 Å². The number of aromatic amines is 1. The molecule has 0 amide bonds. The highest BCUT2D eigenvalue weighted by atomic mass is 35.5. The number of H-pyrrole nitrogens is 1. The van der Waals surface area contributed by atoms with Gasteiger partial charge in [0.2, 0.25) is 5.88 Å². The second-order valence-corrected chi connectivity index (χ2v) is 8.02. The quantitative estimate of drug-likeness (QED) is 0.378. The maximum Gasteiger partial charge on any atom is 0.328 e. The van der Waals surface area contributed by atoms with E-state index in [4.69, 9.17) is 22.3 Å². The van der Waals surface area contributed by atoms with Gasteiger partial charge in [0.15, 0.2) is 11.5 Å². The zero-order valence-electron chi connectivity index (χ0n) is 16.7. The van der Waals surface area contributed by atoms with E-state index in [-0.39, 0.29) is 29.0 Å². The minimum atomic E-state index is -0.340. The molecule has 6 rings (SSSR count). The van der Waals surface area contributed by atoms with Gasteiger partial charge < -0.3 is 15.7 Å². The third-order valence-corrected chi connectivity index (χ3v) is 6.17. The molecule has 5 aromatic rings. The maximum atomic E-state index is 11.9. The van der Waals surface area contributed by atoms with Gasteiger partial charge in [0.05, 0.1) is 18.3 Å². The first kappa shape index (κ1) is 18.7. The lowest BCUT2D eigenvalue weighted by Crippen LogP contribution is -2.37. The molecule has 0 saturated carbocycles. The summed E-state index contributed by atoms with van der Waals surface area (Å²) in [5.74, 6) is 0.566. The molecule has 1 aliphatic heterocycles. The normalized spacial score (nSPS) is 13.7. The van der Waals surface area contributed by atoms with Gasteiger partial charge in [-0.15, -0.1) is 0 Å². The number of halogens is 1. The van der Waals surface area contributed by atoms with Crippen LogP contribution in [0.4, 0.5) is 11.6 Å². The van der Waals surface area contributed by atoms with Gasteiger partial charge in [0.1, 0.15) is 16.5 Å². The number of anilines is 2. The fraction of sp³-hybridized carbons (Fsp3) is 0.143. The SMILES string of the molecule is Nc1c(Cl)c(N2CCn3c(c(O)[nH]c3=O)C2)nc2c(-c3cnc4ccccc4c3)cnn12. The van der Waals surface area contributed by atoms with E-state index in [1.807, 2.05) is 35.2 Å². The van der Waals surface area contributed by atoms with Crippen LogP contribution in [0.2, 0.25) is 5.02 Å². The van der Waals surface area contributed by atoms with Gasteiger partial charge in [-0.2, -0.15) is 9.61 Å². The van der Waals surface area contributed by atoms with Crippen LogP contribution < -0.4 is 16.3 Å². The average Bonchev–Trinajstić information content (AvgIpc) is 3.36. The van der Waals surface area contributed by atoms with Crippen LogP contribution in [0.25, 0.3) is 27.7 Å². The van der Waals surface area contributed by atoms with Crippen LogP contribution in [0.5, 0.6) is 5.88 Å². The number of fused-ring (bicyclic) bond motifs is 3. The number of nitrogens with one attached hydrogen (secondary N) is 1. The van der Waals surface area contributed by atoms with Crippen molar-refractivity contribution in [2.24, 2.45) is 0 Å². The van der Waals surface area contributed by atoms with Gasteiger partial charge >= 0.3 is 5.69 Å². The third kappa shape index (κ3) is 2.66. The summed E-state index contributed by atoms with van der Waals surface area (Å²) in [6.45, 7) is 1.12. The Balaban J connectivity index is 1.49. The van der Waals surface area contributed by atoms with Crippen molar-refractivity contribution in [1.29, 1.82) is 0 Å². The van der Waals surface area contributed by atoms with Crippen molar-refractivity contribution in [3.05, 3.63) is 63.9 Å². The number of rotatable bonds is 2. The third-order valence-electron chi connectivity index (χ3n) is 5.81. The molecule has 4 aromatic heterocycles. The molecular weight excluding hydrogens is 432 g/mol. The number of hydrogen-bond acceptors (Lipinski definition) is 7. The smallest absolute Gasteiger partial charge is 0.328 e. The Morgan fingerprint density at radius 2 is 2.03 bits per heavy atom. The van der Waals surface area contributed by atoms with Gasteiger partial charge in [-0.3, -0.25) is 14.5 Å². The molecule has 0 aliphatic carbocycles. The summed E-state index contributed by atoms with van der Waals surface area (Å²) >= 11 is 6.57. The number of nitrogens with two attached hydrogens (primary N) is 1. The fourth-order valence-corrected chi connectivity index (χ4v) is 4.41. The number of nitrogens with zero attached hydrogens (tertiary/aromatic N) is 6. The zero-order chi connectivity index (χ0) is 22.0. The van der Waals surface area contributed by atoms with Gasteiger partial charge in [-0.05, 0) is 12.1 Å². The van der Waals surface area contributed by atoms with Crippen molar-refractivity contribution < 1.29 is 5.11 Å². The Morgan fingerprint density at radius 3 is 2.91 bits per heavy atom. The summed E-state index contributed by atoms with van der Waals surface area (Å²) < 4.78 is 3.01. The number of benzene rings is 1. The van der Waals surface area contributed by atoms with Crippen LogP contribution >= 0.6 is 11.6 Å². The van der Waals surface area contributed by atoms with Crippen molar-refractivity contribution in [2.45, 2.75) is 13.1 Å². The zero-order valence-corrected chi connectivity index (χ0v) is 17.4. The molecule has 4 N–H and O–H groups in total. The molecule has 0 unspecified atom stereocenters. The highest BCUT2D eigenvalue weighted by Gasteiger charge is 2.27. The lowest BCUT2D eigenvalue weighted by molar-refractivity contribution is 0.439. The van der Waals surface area contributed by atoms with Crippen molar-refractivity contribution in [2.75, 3.05) is 17.2 Å². The summed E-state index contributed by atoms with van der Waals surface area (Å²) in [7, 11) is 0. The van der Waals surface area contributed by atoms with Gasteiger partial charge in [0, 0.05) is 35.8 Å². The van der Waals surface area contributed by atoms with E-state index in [0.29, 0.717) is 30.2 Å². The first-order chi connectivity index (χ1) is 15.5.